The summed E-state index contributed by atoms with van der Waals surface area (Å²) in [6, 6.07) is 2.11. The van der Waals surface area contributed by atoms with Crippen molar-refractivity contribution in [2.24, 2.45) is 0 Å². The van der Waals surface area contributed by atoms with Crippen LogP contribution < -0.4 is 0 Å². The average Bonchev–Trinajstić information content (AvgIpc) is 2.61. The molecule has 4 nitrogen and oxygen atoms in total. The summed E-state index contributed by atoms with van der Waals surface area (Å²) >= 11 is 3.28. The molecule has 1 aromatic heterocycles. The molecule has 0 aliphatic carbocycles. The number of hydrogen-bond acceptors (Lipinski definition) is 3. The second kappa shape index (κ2) is 4.11. The molecule has 0 radical (unpaired) electrons. The number of rotatable bonds is 1. The van der Waals surface area contributed by atoms with Gasteiger partial charge < -0.3 is 4.74 Å². The summed E-state index contributed by atoms with van der Waals surface area (Å²) in [5.41, 5.74) is 0.539. The van der Waals surface area contributed by atoms with Crippen LogP contribution in [-0.4, -0.2) is 16.4 Å². The van der Waals surface area contributed by atoms with Gasteiger partial charge in [-0.2, -0.15) is 10.4 Å². The van der Waals surface area contributed by atoms with E-state index in [9.17, 15) is 0 Å². The van der Waals surface area contributed by atoms with E-state index in [4.69, 9.17) is 10.00 Å². The summed E-state index contributed by atoms with van der Waals surface area (Å²) in [6.45, 7) is 0.757. The smallest absolute Gasteiger partial charge is 0.155 e. The zero-order valence-corrected chi connectivity index (χ0v) is 9.20. The Kier molecular flexibility index (Phi) is 2.85. The lowest BCUT2D eigenvalue weighted by Crippen LogP contribution is -2.20. The first-order valence-electron chi connectivity index (χ1n) is 4.57. The standard InChI is InChI=1S/C9H10BrN3O/c10-7-6-12-13(8(7)5-11)9-3-1-2-4-14-9/h6,9H,1-4H2. The minimum absolute atomic E-state index is 0.0651. The fourth-order valence-corrected chi connectivity index (χ4v) is 1.94. The molecule has 0 spiro atoms. The molecule has 14 heavy (non-hydrogen) atoms. The highest BCUT2D eigenvalue weighted by Gasteiger charge is 2.20. The van der Waals surface area contributed by atoms with E-state index in [0.29, 0.717) is 5.69 Å². The van der Waals surface area contributed by atoms with Crippen LogP contribution in [0, 0.1) is 11.3 Å². The highest BCUT2D eigenvalue weighted by Crippen LogP contribution is 2.25. The van der Waals surface area contributed by atoms with E-state index in [-0.39, 0.29) is 6.23 Å². The van der Waals surface area contributed by atoms with Crippen molar-refractivity contribution in [3.8, 4) is 6.07 Å². The van der Waals surface area contributed by atoms with Crippen LogP contribution in [-0.2, 0) is 4.74 Å². The maximum atomic E-state index is 8.92. The molecule has 2 rings (SSSR count). The summed E-state index contributed by atoms with van der Waals surface area (Å²) in [6.07, 6.45) is 4.73. The predicted molar refractivity (Wildman–Crippen MR) is 53.5 cm³/mol. The molecule has 1 aliphatic rings. The van der Waals surface area contributed by atoms with Crippen molar-refractivity contribution in [3.63, 3.8) is 0 Å². The lowest BCUT2D eigenvalue weighted by molar-refractivity contribution is -0.0400. The van der Waals surface area contributed by atoms with Gasteiger partial charge in [0.25, 0.3) is 0 Å². The third kappa shape index (κ3) is 1.68. The molecule has 1 saturated heterocycles. The van der Waals surface area contributed by atoms with E-state index < -0.39 is 0 Å². The molecule has 1 atom stereocenters. The lowest BCUT2D eigenvalue weighted by Gasteiger charge is -2.23. The van der Waals surface area contributed by atoms with E-state index in [0.717, 1.165) is 30.3 Å². The molecule has 5 heteroatoms. The molecule has 1 aromatic rings. The van der Waals surface area contributed by atoms with E-state index in [1.54, 1.807) is 10.9 Å². The van der Waals surface area contributed by atoms with Crippen molar-refractivity contribution in [1.29, 1.82) is 5.26 Å². The Morgan fingerprint density at radius 1 is 1.64 bits per heavy atom. The number of halogens is 1. The largest absolute Gasteiger partial charge is 0.356 e. The first-order chi connectivity index (χ1) is 6.83. The Morgan fingerprint density at radius 2 is 2.50 bits per heavy atom. The van der Waals surface area contributed by atoms with Crippen molar-refractivity contribution in [1.82, 2.24) is 9.78 Å². The third-order valence-corrected chi connectivity index (χ3v) is 2.87. The lowest BCUT2D eigenvalue weighted by atomic mass is 10.2. The molecule has 1 unspecified atom stereocenters. The van der Waals surface area contributed by atoms with E-state index >= 15 is 0 Å². The van der Waals surface area contributed by atoms with Gasteiger partial charge in [0, 0.05) is 6.61 Å². The van der Waals surface area contributed by atoms with Crippen LogP contribution in [0.5, 0.6) is 0 Å². The first-order valence-corrected chi connectivity index (χ1v) is 5.37. The molecule has 74 valence electrons. The molecule has 2 heterocycles. The molecular formula is C9H10BrN3O. The van der Waals surface area contributed by atoms with Crippen LogP contribution in [0.1, 0.15) is 31.2 Å². The van der Waals surface area contributed by atoms with Gasteiger partial charge in [0.05, 0.1) is 10.7 Å². The Bertz CT molecular complexity index is 363. The van der Waals surface area contributed by atoms with E-state index in [2.05, 4.69) is 27.1 Å². The number of aromatic nitrogens is 2. The van der Waals surface area contributed by atoms with Gasteiger partial charge in [-0.1, -0.05) is 0 Å². The predicted octanol–water partition coefficient (Wildman–Crippen LogP) is 2.22. The number of nitrogens with zero attached hydrogens (tertiary/aromatic N) is 3. The van der Waals surface area contributed by atoms with Gasteiger partial charge in [0.1, 0.15) is 6.07 Å². The van der Waals surface area contributed by atoms with Gasteiger partial charge in [-0.05, 0) is 35.2 Å². The fraction of sp³-hybridized carbons (Fsp3) is 0.556. The topological polar surface area (TPSA) is 50.8 Å². The van der Waals surface area contributed by atoms with Gasteiger partial charge >= 0.3 is 0 Å². The highest BCUT2D eigenvalue weighted by atomic mass is 79.9. The monoisotopic (exact) mass is 255 g/mol. The summed E-state index contributed by atoms with van der Waals surface area (Å²) < 4.78 is 7.94. The van der Waals surface area contributed by atoms with Crippen molar-refractivity contribution in [2.75, 3.05) is 6.61 Å². The highest BCUT2D eigenvalue weighted by molar-refractivity contribution is 9.10. The fourth-order valence-electron chi connectivity index (χ4n) is 1.58. The Labute approximate surface area is 90.6 Å². The van der Waals surface area contributed by atoms with Gasteiger partial charge in [0.15, 0.2) is 11.9 Å². The van der Waals surface area contributed by atoms with Crippen LogP contribution >= 0.6 is 15.9 Å². The Balaban J connectivity index is 2.26. The third-order valence-electron chi connectivity index (χ3n) is 2.29. The second-order valence-electron chi connectivity index (χ2n) is 3.22. The summed E-state index contributed by atoms with van der Waals surface area (Å²) in [4.78, 5) is 0. The molecule has 1 aliphatic heterocycles. The quantitative estimate of drug-likeness (QED) is 0.774. The van der Waals surface area contributed by atoms with Gasteiger partial charge in [-0.3, -0.25) is 0 Å². The number of hydrogen-bond donors (Lipinski definition) is 0. The van der Waals surface area contributed by atoms with Crippen LogP contribution in [0.4, 0.5) is 0 Å². The van der Waals surface area contributed by atoms with Crippen LogP contribution in [0.3, 0.4) is 0 Å². The number of nitriles is 1. The molecule has 0 saturated carbocycles. The van der Waals surface area contributed by atoms with Gasteiger partial charge in [-0.15, -0.1) is 0 Å². The van der Waals surface area contributed by atoms with Gasteiger partial charge in [0.2, 0.25) is 0 Å². The van der Waals surface area contributed by atoms with Crippen LogP contribution in [0.15, 0.2) is 10.7 Å². The molecule has 1 fully saturated rings. The molecular weight excluding hydrogens is 246 g/mol. The van der Waals surface area contributed by atoms with E-state index in [1.165, 1.54) is 0 Å². The molecule has 0 aromatic carbocycles. The summed E-state index contributed by atoms with van der Waals surface area (Å²) in [5, 5.41) is 13.1. The maximum Gasteiger partial charge on any atom is 0.155 e. The minimum atomic E-state index is -0.0651. The maximum absolute atomic E-state index is 8.92. The first kappa shape index (κ1) is 9.69. The Hall–Kier alpha value is -0.860. The minimum Gasteiger partial charge on any atom is -0.356 e. The zero-order chi connectivity index (χ0) is 9.97. The van der Waals surface area contributed by atoms with Crippen molar-refractivity contribution in [3.05, 3.63) is 16.4 Å². The Morgan fingerprint density at radius 3 is 3.14 bits per heavy atom. The van der Waals surface area contributed by atoms with E-state index in [1.807, 2.05) is 0 Å². The summed E-state index contributed by atoms with van der Waals surface area (Å²) in [7, 11) is 0. The SMILES string of the molecule is N#Cc1c(Br)cnn1C1CCCCO1. The van der Waals surface area contributed by atoms with Gasteiger partial charge in [-0.25, -0.2) is 4.68 Å². The van der Waals surface area contributed by atoms with Crippen LogP contribution in [0.25, 0.3) is 0 Å². The normalized spacial score (nSPS) is 21.9. The van der Waals surface area contributed by atoms with Crippen molar-refractivity contribution in [2.45, 2.75) is 25.5 Å². The van der Waals surface area contributed by atoms with Crippen molar-refractivity contribution >= 4 is 15.9 Å². The second-order valence-corrected chi connectivity index (χ2v) is 4.07. The van der Waals surface area contributed by atoms with Crippen molar-refractivity contribution < 1.29 is 4.74 Å². The number of ether oxygens (including phenoxy) is 1. The van der Waals surface area contributed by atoms with Crippen LogP contribution in [0.2, 0.25) is 0 Å². The molecule has 0 bridgehead atoms. The molecule has 0 N–H and O–H groups in total. The summed E-state index contributed by atoms with van der Waals surface area (Å²) in [5.74, 6) is 0. The molecule has 0 amide bonds. The zero-order valence-electron chi connectivity index (χ0n) is 7.61. The average molecular weight is 256 g/mol.